The fourth-order valence-corrected chi connectivity index (χ4v) is 1.63. The third kappa shape index (κ3) is 2.95. The molecule has 5 heteroatoms. The van der Waals surface area contributed by atoms with Crippen molar-refractivity contribution in [2.45, 2.75) is 45.8 Å². The number of ether oxygens (including phenoxy) is 1. The van der Waals surface area contributed by atoms with Crippen molar-refractivity contribution in [2.24, 2.45) is 0 Å². The molecule has 0 spiro atoms. The van der Waals surface area contributed by atoms with Crippen LogP contribution in [0.2, 0.25) is 0 Å². The second-order valence-electron chi connectivity index (χ2n) is 5.63. The number of imide groups is 1. The lowest BCUT2D eigenvalue weighted by atomic mass is 10.0. The van der Waals surface area contributed by atoms with Crippen LogP contribution in [0.4, 0.5) is 4.79 Å². The van der Waals surface area contributed by atoms with E-state index in [2.05, 4.69) is 5.32 Å². The molecule has 1 N–H and O–H groups in total. The Morgan fingerprint density at radius 3 is 2.44 bits per heavy atom. The van der Waals surface area contributed by atoms with Crippen molar-refractivity contribution >= 4 is 12.0 Å². The molecule has 1 aliphatic rings. The van der Waals surface area contributed by atoms with E-state index in [9.17, 15) is 9.59 Å². The molecule has 1 saturated heterocycles. The number of amides is 2. The van der Waals surface area contributed by atoms with Crippen LogP contribution in [0, 0.1) is 0 Å². The van der Waals surface area contributed by atoms with E-state index in [0.717, 1.165) is 0 Å². The SMILES string of the molecule is CC(C)(C)OC(=O)N1C(=O)CNCC1(C)C. The van der Waals surface area contributed by atoms with Crippen molar-refractivity contribution in [3.63, 3.8) is 0 Å². The summed E-state index contributed by atoms with van der Waals surface area (Å²) in [7, 11) is 0. The molecule has 0 aromatic heterocycles. The van der Waals surface area contributed by atoms with E-state index in [1.54, 1.807) is 20.8 Å². The van der Waals surface area contributed by atoms with Crippen LogP contribution >= 0.6 is 0 Å². The zero-order valence-electron chi connectivity index (χ0n) is 10.6. The summed E-state index contributed by atoms with van der Waals surface area (Å²) in [5.74, 6) is -0.245. The number of hydrogen-bond acceptors (Lipinski definition) is 4. The minimum atomic E-state index is -0.585. The third-order valence-corrected chi connectivity index (χ3v) is 2.26. The number of carbonyl (C=O) groups is 2. The van der Waals surface area contributed by atoms with Crippen molar-refractivity contribution in [3.05, 3.63) is 0 Å². The Morgan fingerprint density at radius 2 is 2.00 bits per heavy atom. The summed E-state index contributed by atoms with van der Waals surface area (Å²) in [6.07, 6.45) is -0.566. The number of rotatable bonds is 0. The molecule has 1 aliphatic heterocycles. The predicted octanol–water partition coefficient (Wildman–Crippen LogP) is 1.13. The normalized spacial score (nSPS) is 20.8. The van der Waals surface area contributed by atoms with Gasteiger partial charge in [0.05, 0.1) is 12.1 Å². The smallest absolute Gasteiger partial charge is 0.417 e. The third-order valence-electron chi connectivity index (χ3n) is 2.26. The molecule has 16 heavy (non-hydrogen) atoms. The van der Waals surface area contributed by atoms with Crippen LogP contribution in [0.25, 0.3) is 0 Å². The molecule has 92 valence electrons. The van der Waals surface area contributed by atoms with E-state index in [-0.39, 0.29) is 12.5 Å². The Morgan fingerprint density at radius 1 is 1.44 bits per heavy atom. The van der Waals surface area contributed by atoms with Gasteiger partial charge in [0, 0.05) is 6.54 Å². The summed E-state index contributed by atoms with van der Waals surface area (Å²) in [5, 5.41) is 2.97. The summed E-state index contributed by atoms with van der Waals surface area (Å²) in [5.41, 5.74) is -1.13. The molecule has 0 aliphatic carbocycles. The summed E-state index contributed by atoms with van der Waals surface area (Å²) < 4.78 is 5.22. The Bertz CT molecular complexity index is 305. The van der Waals surface area contributed by atoms with E-state index in [1.807, 2.05) is 13.8 Å². The van der Waals surface area contributed by atoms with Gasteiger partial charge in [0.2, 0.25) is 5.91 Å². The Labute approximate surface area is 96.1 Å². The van der Waals surface area contributed by atoms with Crippen molar-refractivity contribution in [2.75, 3.05) is 13.1 Å². The van der Waals surface area contributed by atoms with E-state index in [4.69, 9.17) is 4.74 Å². The number of carbonyl (C=O) groups excluding carboxylic acids is 2. The van der Waals surface area contributed by atoms with E-state index < -0.39 is 17.2 Å². The molecule has 1 rings (SSSR count). The highest BCUT2D eigenvalue weighted by Crippen LogP contribution is 2.20. The van der Waals surface area contributed by atoms with Crippen molar-refractivity contribution in [3.8, 4) is 0 Å². The number of nitrogens with one attached hydrogen (secondary N) is 1. The number of nitrogens with zero attached hydrogens (tertiary/aromatic N) is 1. The average Bonchev–Trinajstić information content (AvgIpc) is 1.97. The van der Waals surface area contributed by atoms with Crippen molar-refractivity contribution in [1.82, 2.24) is 10.2 Å². The van der Waals surface area contributed by atoms with Gasteiger partial charge in [0.1, 0.15) is 5.60 Å². The maximum absolute atomic E-state index is 11.9. The van der Waals surface area contributed by atoms with Gasteiger partial charge in [-0.2, -0.15) is 0 Å². The lowest BCUT2D eigenvalue weighted by Gasteiger charge is -2.41. The van der Waals surface area contributed by atoms with Gasteiger partial charge in [-0.25, -0.2) is 9.69 Å². The summed E-state index contributed by atoms with van der Waals surface area (Å²) in [6, 6.07) is 0. The lowest BCUT2D eigenvalue weighted by molar-refractivity contribution is -0.137. The summed E-state index contributed by atoms with van der Waals surface area (Å²) >= 11 is 0. The summed E-state index contributed by atoms with van der Waals surface area (Å²) in [4.78, 5) is 24.8. The maximum Gasteiger partial charge on any atom is 0.417 e. The van der Waals surface area contributed by atoms with Crippen LogP contribution in [0.1, 0.15) is 34.6 Å². The minimum Gasteiger partial charge on any atom is -0.443 e. The second-order valence-corrected chi connectivity index (χ2v) is 5.63. The van der Waals surface area contributed by atoms with Crippen LogP contribution in [-0.4, -0.2) is 41.1 Å². The van der Waals surface area contributed by atoms with Gasteiger partial charge in [-0.3, -0.25) is 4.79 Å². The Kier molecular flexibility index (Phi) is 3.28. The molecular weight excluding hydrogens is 208 g/mol. The van der Waals surface area contributed by atoms with Crippen LogP contribution in [0.3, 0.4) is 0 Å². The maximum atomic E-state index is 11.9. The van der Waals surface area contributed by atoms with E-state index >= 15 is 0 Å². The lowest BCUT2D eigenvalue weighted by Crippen LogP contribution is -2.63. The summed E-state index contributed by atoms with van der Waals surface area (Å²) in [6.45, 7) is 9.78. The number of piperazine rings is 1. The van der Waals surface area contributed by atoms with Crippen LogP contribution in [0.15, 0.2) is 0 Å². The van der Waals surface area contributed by atoms with Gasteiger partial charge in [-0.05, 0) is 34.6 Å². The fraction of sp³-hybridized carbons (Fsp3) is 0.818. The zero-order valence-corrected chi connectivity index (χ0v) is 10.6. The molecule has 5 nitrogen and oxygen atoms in total. The molecule has 0 radical (unpaired) electrons. The Balaban J connectivity index is 2.83. The van der Waals surface area contributed by atoms with Crippen LogP contribution in [-0.2, 0) is 9.53 Å². The van der Waals surface area contributed by atoms with E-state index in [1.165, 1.54) is 4.90 Å². The average molecular weight is 228 g/mol. The Hall–Kier alpha value is -1.10. The molecular formula is C11H20N2O3. The minimum absolute atomic E-state index is 0.183. The quantitative estimate of drug-likeness (QED) is 0.675. The van der Waals surface area contributed by atoms with E-state index in [0.29, 0.717) is 6.54 Å². The van der Waals surface area contributed by atoms with Gasteiger partial charge in [-0.15, -0.1) is 0 Å². The monoisotopic (exact) mass is 228 g/mol. The first kappa shape index (κ1) is 13.0. The first-order valence-electron chi connectivity index (χ1n) is 5.40. The second kappa shape index (κ2) is 4.05. The topological polar surface area (TPSA) is 58.6 Å². The molecule has 0 atom stereocenters. The fourth-order valence-electron chi connectivity index (χ4n) is 1.63. The highest BCUT2D eigenvalue weighted by molar-refractivity contribution is 5.94. The number of hydrogen-bond donors (Lipinski definition) is 1. The molecule has 1 fully saturated rings. The molecule has 2 amide bonds. The van der Waals surface area contributed by atoms with Gasteiger partial charge >= 0.3 is 6.09 Å². The molecule has 0 unspecified atom stereocenters. The highest BCUT2D eigenvalue weighted by atomic mass is 16.6. The van der Waals surface area contributed by atoms with Gasteiger partial charge in [-0.1, -0.05) is 0 Å². The van der Waals surface area contributed by atoms with Crippen LogP contribution in [0.5, 0.6) is 0 Å². The standard InChI is InChI=1S/C11H20N2O3/c1-10(2,3)16-9(15)13-8(14)6-12-7-11(13,4)5/h12H,6-7H2,1-5H3. The molecule has 0 bridgehead atoms. The molecule has 0 aromatic carbocycles. The molecule has 0 saturated carbocycles. The van der Waals surface area contributed by atoms with Gasteiger partial charge in [0.25, 0.3) is 0 Å². The largest absolute Gasteiger partial charge is 0.443 e. The molecule has 0 aromatic rings. The first-order chi connectivity index (χ1) is 7.13. The highest BCUT2D eigenvalue weighted by Gasteiger charge is 2.41. The van der Waals surface area contributed by atoms with Crippen molar-refractivity contribution in [1.29, 1.82) is 0 Å². The van der Waals surface area contributed by atoms with Crippen molar-refractivity contribution < 1.29 is 14.3 Å². The first-order valence-corrected chi connectivity index (χ1v) is 5.40. The zero-order chi connectivity index (χ0) is 12.6. The predicted molar refractivity (Wildman–Crippen MR) is 60.0 cm³/mol. The van der Waals surface area contributed by atoms with Crippen LogP contribution < -0.4 is 5.32 Å². The van der Waals surface area contributed by atoms with Gasteiger partial charge < -0.3 is 10.1 Å². The molecule has 1 heterocycles. The van der Waals surface area contributed by atoms with Gasteiger partial charge in [0.15, 0.2) is 0 Å².